The maximum atomic E-state index is 11.8. The predicted molar refractivity (Wildman–Crippen MR) is 59.0 cm³/mol. The first-order chi connectivity index (χ1) is 8.09. The number of benzene rings is 1. The molecule has 17 heavy (non-hydrogen) atoms. The van der Waals surface area contributed by atoms with Crippen molar-refractivity contribution in [2.45, 2.75) is 6.42 Å². The summed E-state index contributed by atoms with van der Waals surface area (Å²) in [5.74, 6) is -1.02. The summed E-state index contributed by atoms with van der Waals surface area (Å²) in [7, 11) is 0. The van der Waals surface area contributed by atoms with Crippen molar-refractivity contribution in [3.8, 4) is 0 Å². The molecule has 3 amide bonds. The molecule has 2 N–H and O–H groups in total. The lowest BCUT2D eigenvalue weighted by Crippen LogP contribution is -2.32. The van der Waals surface area contributed by atoms with Crippen LogP contribution >= 0.6 is 0 Å². The second-order valence-corrected chi connectivity index (χ2v) is 4.37. The van der Waals surface area contributed by atoms with Gasteiger partial charge in [0.1, 0.15) is 0 Å². The lowest BCUT2D eigenvalue weighted by molar-refractivity contribution is -0.123. The molecule has 86 valence electrons. The summed E-state index contributed by atoms with van der Waals surface area (Å²) in [6, 6.07) is 6.17. The van der Waals surface area contributed by atoms with Gasteiger partial charge in [-0.1, -0.05) is 0 Å². The van der Waals surface area contributed by atoms with Crippen LogP contribution in [0.2, 0.25) is 0 Å². The van der Waals surface area contributed by atoms with E-state index in [1.165, 1.54) is 17.0 Å². The molecule has 3 rings (SSSR count). The van der Waals surface area contributed by atoms with Crippen LogP contribution in [0.25, 0.3) is 0 Å². The number of hydrogen-bond acceptors (Lipinski definition) is 3. The van der Waals surface area contributed by atoms with Crippen molar-refractivity contribution < 1.29 is 14.4 Å². The zero-order valence-corrected chi connectivity index (χ0v) is 8.92. The van der Waals surface area contributed by atoms with Crippen molar-refractivity contribution in [2.75, 3.05) is 4.90 Å². The molecule has 2 atom stereocenters. The van der Waals surface area contributed by atoms with Crippen molar-refractivity contribution in [1.29, 1.82) is 0 Å². The zero-order chi connectivity index (χ0) is 12.2. The second kappa shape index (κ2) is 3.16. The van der Waals surface area contributed by atoms with E-state index >= 15 is 0 Å². The Balaban J connectivity index is 1.92. The molecule has 2 fully saturated rings. The van der Waals surface area contributed by atoms with Gasteiger partial charge in [-0.05, 0) is 30.7 Å². The molecule has 1 aromatic carbocycles. The van der Waals surface area contributed by atoms with Crippen LogP contribution in [-0.4, -0.2) is 17.7 Å². The van der Waals surface area contributed by atoms with Crippen LogP contribution in [0.15, 0.2) is 24.3 Å². The number of rotatable bonds is 2. The lowest BCUT2D eigenvalue weighted by Gasteiger charge is -2.16. The number of fused-ring (bicyclic) bond motifs is 1. The second-order valence-electron chi connectivity index (χ2n) is 4.37. The quantitative estimate of drug-likeness (QED) is 0.742. The summed E-state index contributed by atoms with van der Waals surface area (Å²) in [4.78, 5) is 35.7. The molecule has 5 heteroatoms. The molecule has 5 nitrogen and oxygen atoms in total. The highest BCUT2D eigenvalue weighted by Crippen LogP contribution is 2.48. The molecule has 0 bridgehead atoms. The standard InChI is InChI=1S/C12H10N2O3/c13-10(15)6-1-3-7(4-2-6)14-11(16)8-5-9(8)12(14)17/h1-4,8-9H,5H2,(H2,13,15)/t8-,9-/m0/s1. The van der Waals surface area contributed by atoms with Crippen LogP contribution in [0, 0.1) is 11.8 Å². The Labute approximate surface area is 97.2 Å². The van der Waals surface area contributed by atoms with Gasteiger partial charge in [0, 0.05) is 5.56 Å². The number of nitrogens with two attached hydrogens (primary N) is 1. The number of imide groups is 1. The molecule has 0 unspecified atom stereocenters. The Hall–Kier alpha value is -2.17. The van der Waals surface area contributed by atoms with Crippen LogP contribution in [0.3, 0.4) is 0 Å². The van der Waals surface area contributed by atoms with Gasteiger partial charge in [0.15, 0.2) is 0 Å². The minimum Gasteiger partial charge on any atom is -0.366 e. The highest BCUT2D eigenvalue weighted by molar-refractivity contribution is 6.24. The summed E-state index contributed by atoms with van der Waals surface area (Å²) in [6.45, 7) is 0. The number of piperidine rings is 1. The van der Waals surface area contributed by atoms with E-state index in [4.69, 9.17) is 5.73 Å². The molecule has 1 aliphatic heterocycles. The average molecular weight is 230 g/mol. The number of nitrogens with zero attached hydrogens (tertiary/aromatic N) is 1. The van der Waals surface area contributed by atoms with Crippen LogP contribution in [0.5, 0.6) is 0 Å². The van der Waals surface area contributed by atoms with Gasteiger partial charge >= 0.3 is 0 Å². The Morgan fingerprint density at radius 2 is 1.65 bits per heavy atom. The maximum absolute atomic E-state index is 11.8. The lowest BCUT2D eigenvalue weighted by atomic mass is 10.2. The third-order valence-corrected chi connectivity index (χ3v) is 3.28. The molecule has 1 saturated heterocycles. The van der Waals surface area contributed by atoms with Crippen molar-refractivity contribution >= 4 is 23.4 Å². The first-order valence-corrected chi connectivity index (χ1v) is 5.37. The fraction of sp³-hybridized carbons (Fsp3) is 0.250. The smallest absolute Gasteiger partial charge is 0.248 e. The fourth-order valence-corrected chi connectivity index (χ4v) is 2.21. The Kier molecular flexibility index (Phi) is 1.86. The van der Waals surface area contributed by atoms with E-state index in [9.17, 15) is 14.4 Å². The molecule has 1 heterocycles. The topological polar surface area (TPSA) is 80.5 Å². The van der Waals surface area contributed by atoms with Crippen LogP contribution in [0.4, 0.5) is 5.69 Å². The summed E-state index contributed by atoms with van der Waals surface area (Å²) in [6.07, 6.45) is 0.688. The van der Waals surface area contributed by atoms with Crippen molar-refractivity contribution in [3.63, 3.8) is 0 Å². The number of anilines is 1. The third-order valence-electron chi connectivity index (χ3n) is 3.28. The summed E-state index contributed by atoms with van der Waals surface area (Å²) in [5.41, 5.74) is 5.99. The van der Waals surface area contributed by atoms with E-state index < -0.39 is 5.91 Å². The van der Waals surface area contributed by atoms with Crippen LogP contribution in [0.1, 0.15) is 16.8 Å². The summed E-state index contributed by atoms with van der Waals surface area (Å²) in [5, 5.41) is 0. The predicted octanol–water partition coefficient (Wildman–Crippen LogP) is 0.295. The minimum absolute atomic E-state index is 0.113. The molecule has 1 aromatic rings. The average Bonchev–Trinajstić information content (AvgIpc) is 3.05. The van der Waals surface area contributed by atoms with Gasteiger partial charge in [0.2, 0.25) is 17.7 Å². The molecule has 2 aliphatic rings. The van der Waals surface area contributed by atoms with Gasteiger partial charge in [-0.25, -0.2) is 0 Å². The Bertz CT molecular complexity index is 515. The summed E-state index contributed by atoms with van der Waals surface area (Å²) >= 11 is 0. The highest BCUT2D eigenvalue weighted by Gasteiger charge is 2.59. The van der Waals surface area contributed by atoms with Gasteiger partial charge in [0.05, 0.1) is 17.5 Å². The maximum Gasteiger partial charge on any atom is 0.248 e. The number of primary amides is 1. The molecular weight excluding hydrogens is 220 g/mol. The van der Waals surface area contributed by atoms with Crippen molar-refractivity contribution in [2.24, 2.45) is 17.6 Å². The summed E-state index contributed by atoms with van der Waals surface area (Å²) < 4.78 is 0. The SMILES string of the molecule is NC(=O)c1ccc(N2C(=O)[C@H]3C[C@@H]3C2=O)cc1. The van der Waals surface area contributed by atoms with Gasteiger partial charge < -0.3 is 5.73 Å². The third kappa shape index (κ3) is 1.35. The van der Waals surface area contributed by atoms with E-state index in [1.54, 1.807) is 12.1 Å². The molecule has 1 aliphatic carbocycles. The van der Waals surface area contributed by atoms with Gasteiger partial charge in [0.25, 0.3) is 0 Å². The zero-order valence-electron chi connectivity index (χ0n) is 8.92. The monoisotopic (exact) mass is 230 g/mol. The van der Waals surface area contributed by atoms with E-state index in [2.05, 4.69) is 0 Å². The van der Waals surface area contributed by atoms with Gasteiger partial charge in [-0.3, -0.25) is 19.3 Å². The van der Waals surface area contributed by atoms with Gasteiger partial charge in [-0.15, -0.1) is 0 Å². The van der Waals surface area contributed by atoms with Crippen LogP contribution in [-0.2, 0) is 9.59 Å². The first kappa shape index (κ1) is 10.0. The van der Waals surface area contributed by atoms with E-state index in [0.29, 0.717) is 17.7 Å². The normalized spacial score (nSPS) is 26.0. The highest BCUT2D eigenvalue weighted by atomic mass is 16.2. The van der Waals surface area contributed by atoms with Crippen molar-refractivity contribution in [1.82, 2.24) is 0 Å². The van der Waals surface area contributed by atoms with E-state index in [-0.39, 0.29) is 23.7 Å². The van der Waals surface area contributed by atoms with E-state index in [0.717, 1.165) is 0 Å². The van der Waals surface area contributed by atoms with Crippen molar-refractivity contribution in [3.05, 3.63) is 29.8 Å². The molecular formula is C12H10N2O3. The molecule has 0 aromatic heterocycles. The fourth-order valence-electron chi connectivity index (χ4n) is 2.21. The molecule has 1 saturated carbocycles. The minimum atomic E-state index is -0.529. The number of carbonyl (C=O) groups is 3. The number of hydrogen-bond donors (Lipinski definition) is 1. The van der Waals surface area contributed by atoms with Crippen LogP contribution < -0.4 is 10.6 Å². The molecule has 0 spiro atoms. The van der Waals surface area contributed by atoms with Gasteiger partial charge in [-0.2, -0.15) is 0 Å². The number of amides is 3. The first-order valence-electron chi connectivity index (χ1n) is 5.37. The Morgan fingerprint density at radius 3 is 2.12 bits per heavy atom. The number of carbonyl (C=O) groups excluding carboxylic acids is 3. The largest absolute Gasteiger partial charge is 0.366 e. The Morgan fingerprint density at radius 1 is 1.12 bits per heavy atom. The molecule has 0 radical (unpaired) electrons. The van der Waals surface area contributed by atoms with E-state index in [1.807, 2.05) is 0 Å².